The van der Waals surface area contributed by atoms with E-state index in [0.29, 0.717) is 12.2 Å². The highest BCUT2D eigenvalue weighted by molar-refractivity contribution is 6.08. The highest BCUT2D eigenvalue weighted by Crippen LogP contribution is 2.25. The lowest BCUT2D eigenvalue weighted by Gasteiger charge is -2.14. The third-order valence-corrected chi connectivity index (χ3v) is 2.50. The summed E-state index contributed by atoms with van der Waals surface area (Å²) in [4.78, 5) is 13.1. The molecule has 1 aromatic carbocycles. The lowest BCUT2D eigenvalue weighted by molar-refractivity contribution is -0.114. The van der Waals surface area contributed by atoms with Crippen molar-refractivity contribution in [3.05, 3.63) is 41.6 Å². The van der Waals surface area contributed by atoms with Gasteiger partial charge in [-0.1, -0.05) is 0 Å². The molecule has 0 atom stereocenters. The van der Waals surface area contributed by atoms with Crippen LogP contribution in [0.5, 0.6) is 0 Å². The van der Waals surface area contributed by atoms with Crippen molar-refractivity contribution in [3.63, 3.8) is 0 Å². The van der Waals surface area contributed by atoms with Crippen LogP contribution in [-0.4, -0.2) is 22.7 Å². The number of hydrogen-bond donors (Lipinski definition) is 2. The van der Waals surface area contributed by atoms with E-state index in [1.54, 1.807) is 0 Å². The summed E-state index contributed by atoms with van der Waals surface area (Å²) in [6.07, 6.45) is 0.276. The molecule has 0 saturated carbocycles. The van der Waals surface area contributed by atoms with E-state index in [1.807, 2.05) is 0 Å². The first-order valence-corrected chi connectivity index (χ1v) is 4.78. The summed E-state index contributed by atoms with van der Waals surface area (Å²) in [5.41, 5.74) is 0.534. The van der Waals surface area contributed by atoms with E-state index in [-0.39, 0.29) is 17.8 Å². The van der Waals surface area contributed by atoms with Crippen LogP contribution in [0.3, 0.4) is 0 Å². The molecule has 16 heavy (non-hydrogen) atoms. The van der Waals surface area contributed by atoms with Crippen molar-refractivity contribution in [2.45, 2.75) is 6.42 Å². The van der Waals surface area contributed by atoms with Crippen molar-refractivity contribution in [1.29, 1.82) is 0 Å². The van der Waals surface area contributed by atoms with Gasteiger partial charge >= 0.3 is 0 Å². The number of nitrogens with zero attached hydrogens (tertiary/aromatic N) is 1. The normalized spacial score (nSPS) is 15.7. The van der Waals surface area contributed by atoms with E-state index in [1.165, 1.54) is 29.2 Å². The molecule has 2 rings (SSSR count). The Morgan fingerprint density at radius 3 is 2.38 bits per heavy atom. The molecule has 1 aliphatic heterocycles. The van der Waals surface area contributed by atoms with Gasteiger partial charge in [0.15, 0.2) is 0 Å². The first-order valence-electron chi connectivity index (χ1n) is 4.78. The molecule has 0 radical (unpaired) electrons. The van der Waals surface area contributed by atoms with Crippen molar-refractivity contribution in [2.75, 3.05) is 11.4 Å². The zero-order valence-electron chi connectivity index (χ0n) is 8.35. The summed E-state index contributed by atoms with van der Waals surface area (Å²) < 4.78 is 12.7. The van der Waals surface area contributed by atoms with Crippen LogP contribution in [-0.2, 0) is 4.79 Å². The Labute approximate surface area is 91.2 Å². The standard InChI is InChI=1S/C11H10FNO3/c12-7-1-3-8(4-2-7)13-6-5-9(10(13)14)11(15)16/h1-4,15-16H,5-6H2. The third kappa shape index (κ3) is 1.71. The molecule has 2 N–H and O–H groups in total. The third-order valence-electron chi connectivity index (χ3n) is 2.50. The predicted molar refractivity (Wildman–Crippen MR) is 55.7 cm³/mol. The molecule has 84 valence electrons. The number of amides is 1. The summed E-state index contributed by atoms with van der Waals surface area (Å²) in [5.74, 6) is -1.77. The summed E-state index contributed by atoms with van der Waals surface area (Å²) in [6.45, 7) is 0.365. The number of carbonyl (C=O) groups excluding carboxylic acids is 1. The van der Waals surface area contributed by atoms with Gasteiger partial charge in [-0.25, -0.2) is 4.39 Å². The number of aliphatic hydroxyl groups excluding tert-OH is 1. The second-order valence-electron chi connectivity index (χ2n) is 3.49. The molecule has 1 heterocycles. The Bertz CT molecular complexity index is 449. The molecular weight excluding hydrogens is 213 g/mol. The molecule has 0 bridgehead atoms. The topological polar surface area (TPSA) is 60.8 Å². The van der Waals surface area contributed by atoms with E-state index in [9.17, 15) is 9.18 Å². The average Bonchev–Trinajstić information content (AvgIpc) is 2.61. The van der Waals surface area contributed by atoms with E-state index in [4.69, 9.17) is 10.2 Å². The maximum Gasteiger partial charge on any atom is 0.283 e. The molecule has 1 saturated heterocycles. The number of anilines is 1. The molecule has 0 aromatic heterocycles. The number of rotatable bonds is 1. The van der Waals surface area contributed by atoms with Gasteiger partial charge in [0.25, 0.3) is 11.9 Å². The van der Waals surface area contributed by atoms with Crippen molar-refractivity contribution in [2.24, 2.45) is 0 Å². The SMILES string of the molecule is O=C1C(=C(O)O)CCN1c1ccc(F)cc1. The number of aliphatic hydroxyl groups is 2. The van der Waals surface area contributed by atoms with Crippen LogP contribution in [0.25, 0.3) is 0 Å². The molecule has 4 nitrogen and oxygen atoms in total. The molecular formula is C11H10FNO3. The average molecular weight is 223 g/mol. The fourth-order valence-electron chi connectivity index (χ4n) is 1.67. The molecule has 0 spiro atoms. The molecule has 1 aromatic rings. The van der Waals surface area contributed by atoms with Gasteiger partial charge in [0, 0.05) is 18.7 Å². The molecule has 1 fully saturated rings. The second kappa shape index (κ2) is 3.84. The van der Waals surface area contributed by atoms with E-state index >= 15 is 0 Å². The van der Waals surface area contributed by atoms with Crippen LogP contribution < -0.4 is 4.90 Å². The van der Waals surface area contributed by atoms with Gasteiger partial charge in [-0.2, -0.15) is 0 Å². The van der Waals surface area contributed by atoms with Gasteiger partial charge < -0.3 is 15.1 Å². The van der Waals surface area contributed by atoms with Gasteiger partial charge in [-0.05, 0) is 24.3 Å². The first kappa shape index (κ1) is 10.5. The van der Waals surface area contributed by atoms with Crippen molar-refractivity contribution < 1.29 is 19.4 Å². The van der Waals surface area contributed by atoms with Gasteiger partial charge in [-0.15, -0.1) is 0 Å². The molecule has 1 amide bonds. The zero-order chi connectivity index (χ0) is 11.7. The lowest BCUT2D eigenvalue weighted by atomic mass is 10.2. The molecule has 0 aliphatic carbocycles. The number of benzene rings is 1. The lowest BCUT2D eigenvalue weighted by Crippen LogP contribution is -2.24. The fourth-order valence-corrected chi connectivity index (χ4v) is 1.67. The van der Waals surface area contributed by atoms with Crippen LogP contribution in [0.4, 0.5) is 10.1 Å². The summed E-state index contributed by atoms with van der Waals surface area (Å²) >= 11 is 0. The maximum atomic E-state index is 12.7. The smallest absolute Gasteiger partial charge is 0.283 e. The van der Waals surface area contributed by atoms with Gasteiger partial charge in [-0.3, -0.25) is 4.79 Å². The Morgan fingerprint density at radius 2 is 1.88 bits per heavy atom. The summed E-state index contributed by atoms with van der Waals surface area (Å²) in [7, 11) is 0. The number of carbonyl (C=O) groups is 1. The van der Waals surface area contributed by atoms with Crippen LogP contribution in [0, 0.1) is 5.82 Å². The Kier molecular flexibility index (Phi) is 2.52. The number of halogens is 1. The fraction of sp³-hybridized carbons (Fsp3) is 0.182. The van der Waals surface area contributed by atoms with Crippen molar-refractivity contribution >= 4 is 11.6 Å². The van der Waals surface area contributed by atoms with Crippen LogP contribution in [0.1, 0.15) is 6.42 Å². The minimum absolute atomic E-state index is 0.00988. The molecule has 1 aliphatic rings. The summed E-state index contributed by atoms with van der Waals surface area (Å²) in [5, 5.41) is 17.7. The monoisotopic (exact) mass is 223 g/mol. The summed E-state index contributed by atoms with van der Waals surface area (Å²) in [6, 6.07) is 5.46. The van der Waals surface area contributed by atoms with E-state index in [0.717, 1.165) is 0 Å². The predicted octanol–water partition coefficient (Wildman–Crippen LogP) is 1.89. The minimum atomic E-state index is -0.936. The minimum Gasteiger partial charge on any atom is -0.481 e. The van der Waals surface area contributed by atoms with Gasteiger partial charge in [0.05, 0.1) is 5.57 Å². The quantitative estimate of drug-likeness (QED) is 0.564. The van der Waals surface area contributed by atoms with Gasteiger partial charge in [0.2, 0.25) is 0 Å². The maximum absolute atomic E-state index is 12.7. The Hall–Kier alpha value is -2.04. The van der Waals surface area contributed by atoms with E-state index in [2.05, 4.69) is 0 Å². The molecule has 5 heteroatoms. The van der Waals surface area contributed by atoms with Gasteiger partial charge in [0.1, 0.15) is 5.82 Å². The number of hydrogen-bond acceptors (Lipinski definition) is 3. The largest absolute Gasteiger partial charge is 0.481 e. The second-order valence-corrected chi connectivity index (χ2v) is 3.49. The van der Waals surface area contributed by atoms with Crippen LogP contribution in [0.15, 0.2) is 35.8 Å². The van der Waals surface area contributed by atoms with Crippen LogP contribution in [0.2, 0.25) is 0 Å². The highest BCUT2D eigenvalue weighted by Gasteiger charge is 2.30. The highest BCUT2D eigenvalue weighted by atomic mass is 19.1. The van der Waals surface area contributed by atoms with E-state index < -0.39 is 11.9 Å². The van der Waals surface area contributed by atoms with Crippen LogP contribution >= 0.6 is 0 Å². The Balaban J connectivity index is 2.29. The Morgan fingerprint density at radius 1 is 1.25 bits per heavy atom. The molecule has 0 unspecified atom stereocenters. The van der Waals surface area contributed by atoms with Crippen molar-refractivity contribution in [3.8, 4) is 0 Å². The van der Waals surface area contributed by atoms with Crippen molar-refractivity contribution in [1.82, 2.24) is 0 Å². The zero-order valence-corrected chi connectivity index (χ0v) is 8.35. The first-order chi connectivity index (χ1) is 7.59.